The molecule has 3 aromatic rings. The van der Waals surface area contributed by atoms with Gasteiger partial charge in [-0.2, -0.15) is 0 Å². The van der Waals surface area contributed by atoms with Gasteiger partial charge < -0.3 is 20.1 Å². The molecule has 8 nitrogen and oxygen atoms in total. The summed E-state index contributed by atoms with van der Waals surface area (Å²) in [4.78, 5) is 34.5. The van der Waals surface area contributed by atoms with E-state index in [-0.39, 0.29) is 0 Å². The minimum absolute atomic E-state index is 0.315. The van der Waals surface area contributed by atoms with Crippen molar-refractivity contribution in [1.82, 2.24) is 19.9 Å². The van der Waals surface area contributed by atoms with E-state index in [9.17, 15) is 9.59 Å². The highest BCUT2D eigenvalue weighted by molar-refractivity contribution is 6.39. The number of pyridine rings is 1. The van der Waals surface area contributed by atoms with Crippen LogP contribution in [0.4, 0.5) is 11.5 Å². The molecule has 29 heavy (non-hydrogen) atoms. The SMILES string of the molecule is CN(C)c1ccc(NC(=O)C(=O)NCCc2nccn2Cc2ccccc2)cn1. The Kier molecular flexibility index (Phi) is 6.57. The van der Waals surface area contributed by atoms with Gasteiger partial charge in [0, 0.05) is 46.0 Å². The van der Waals surface area contributed by atoms with Crippen LogP contribution < -0.4 is 15.5 Å². The van der Waals surface area contributed by atoms with E-state index < -0.39 is 11.8 Å². The number of anilines is 2. The van der Waals surface area contributed by atoms with Crippen LogP contribution >= 0.6 is 0 Å². The number of amides is 2. The molecule has 2 amide bonds. The van der Waals surface area contributed by atoms with E-state index in [1.165, 1.54) is 11.8 Å². The van der Waals surface area contributed by atoms with Crippen molar-refractivity contribution in [3.8, 4) is 0 Å². The molecule has 150 valence electrons. The predicted octanol–water partition coefficient (Wildman–Crippen LogP) is 1.69. The topological polar surface area (TPSA) is 92.2 Å². The van der Waals surface area contributed by atoms with Crippen LogP contribution in [0.1, 0.15) is 11.4 Å². The molecule has 3 rings (SSSR count). The van der Waals surface area contributed by atoms with Crippen molar-refractivity contribution in [1.29, 1.82) is 0 Å². The van der Waals surface area contributed by atoms with Crippen molar-refractivity contribution in [2.24, 2.45) is 0 Å². The van der Waals surface area contributed by atoms with E-state index in [1.807, 2.05) is 48.0 Å². The first kappa shape index (κ1) is 20.1. The lowest BCUT2D eigenvalue weighted by atomic mass is 10.2. The summed E-state index contributed by atoms with van der Waals surface area (Å²) >= 11 is 0. The maximum atomic E-state index is 12.0. The first-order valence-electron chi connectivity index (χ1n) is 9.29. The number of carbonyl (C=O) groups excluding carboxylic acids is 2. The molecule has 0 bridgehead atoms. The van der Waals surface area contributed by atoms with Crippen LogP contribution in [-0.2, 0) is 22.6 Å². The van der Waals surface area contributed by atoms with Crippen LogP contribution in [0.2, 0.25) is 0 Å². The number of carbonyl (C=O) groups is 2. The third-order valence-electron chi connectivity index (χ3n) is 4.30. The summed E-state index contributed by atoms with van der Waals surface area (Å²) in [6, 6.07) is 13.5. The third kappa shape index (κ3) is 5.65. The van der Waals surface area contributed by atoms with Crippen LogP contribution in [0.25, 0.3) is 0 Å². The Balaban J connectivity index is 1.47. The number of rotatable bonds is 7. The number of aromatic nitrogens is 3. The van der Waals surface area contributed by atoms with Gasteiger partial charge in [-0.05, 0) is 17.7 Å². The van der Waals surface area contributed by atoms with Crippen LogP contribution in [0.3, 0.4) is 0 Å². The molecule has 2 heterocycles. The maximum absolute atomic E-state index is 12.0. The Morgan fingerprint density at radius 1 is 1.03 bits per heavy atom. The van der Waals surface area contributed by atoms with Gasteiger partial charge in [0.05, 0.1) is 11.9 Å². The molecule has 0 aliphatic rings. The van der Waals surface area contributed by atoms with E-state index in [4.69, 9.17) is 0 Å². The fourth-order valence-corrected chi connectivity index (χ4v) is 2.77. The molecule has 0 aliphatic carbocycles. The summed E-state index contributed by atoms with van der Waals surface area (Å²) in [5, 5.41) is 5.17. The second kappa shape index (κ2) is 9.50. The molecule has 2 N–H and O–H groups in total. The zero-order valence-corrected chi connectivity index (χ0v) is 16.5. The zero-order valence-electron chi connectivity index (χ0n) is 16.5. The van der Waals surface area contributed by atoms with Gasteiger partial charge in [0.15, 0.2) is 0 Å². The number of benzene rings is 1. The Hall–Kier alpha value is -3.68. The summed E-state index contributed by atoms with van der Waals surface area (Å²) in [7, 11) is 3.75. The Bertz CT molecular complexity index is 951. The van der Waals surface area contributed by atoms with Crippen LogP contribution in [0.5, 0.6) is 0 Å². The van der Waals surface area contributed by atoms with Gasteiger partial charge in [0.25, 0.3) is 0 Å². The van der Waals surface area contributed by atoms with Crippen LogP contribution in [-0.4, -0.2) is 47.0 Å². The molecule has 2 aromatic heterocycles. The quantitative estimate of drug-likeness (QED) is 0.597. The first-order chi connectivity index (χ1) is 14.0. The third-order valence-corrected chi connectivity index (χ3v) is 4.30. The Labute approximate surface area is 169 Å². The molecule has 0 saturated heterocycles. The summed E-state index contributed by atoms with van der Waals surface area (Å²) in [6.45, 7) is 1.02. The normalized spacial score (nSPS) is 10.4. The maximum Gasteiger partial charge on any atom is 0.313 e. The number of hydrogen-bond acceptors (Lipinski definition) is 5. The second-order valence-electron chi connectivity index (χ2n) is 6.72. The molecule has 8 heteroatoms. The average Bonchev–Trinajstić information content (AvgIpc) is 3.16. The average molecular weight is 392 g/mol. The monoisotopic (exact) mass is 392 g/mol. The van der Waals surface area contributed by atoms with Crippen molar-refractivity contribution in [2.75, 3.05) is 30.9 Å². The predicted molar refractivity (Wildman–Crippen MR) is 112 cm³/mol. The fourth-order valence-electron chi connectivity index (χ4n) is 2.77. The van der Waals surface area contributed by atoms with Crippen LogP contribution in [0.15, 0.2) is 61.1 Å². The van der Waals surface area contributed by atoms with Crippen LogP contribution in [0, 0.1) is 0 Å². The summed E-state index contributed by atoms with van der Waals surface area (Å²) in [5.41, 5.74) is 1.64. The Morgan fingerprint density at radius 3 is 2.52 bits per heavy atom. The highest BCUT2D eigenvalue weighted by atomic mass is 16.2. The zero-order chi connectivity index (χ0) is 20.6. The second-order valence-corrected chi connectivity index (χ2v) is 6.72. The van der Waals surface area contributed by atoms with Gasteiger partial charge >= 0.3 is 11.8 Å². The van der Waals surface area contributed by atoms with Crippen molar-refractivity contribution < 1.29 is 9.59 Å². The highest BCUT2D eigenvalue weighted by Gasteiger charge is 2.14. The number of nitrogens with one attached hydrogen (secondary N) is 2. The number of nitrogens with zero attached hydrogens (tertiary/aromatic N) is 4. The van der Waals surface area contributed by atoms with E-state index in [0.29, 0.717) is 25.2 Å². The lowest BCUT2D eigenvalue weighted by Gasteiger charge is -2.12. The van der Waals surface area contributed by atoms with Gasteiger partial charge in [0.2, 0.25) is 0 Å². The van der Waals surface area contributed by atoms with Gasteiger partial charge in [-0.1, -0.05) is 30.3 Å². The van der Waals surface area contributed by atoms with Gasteiger partial charge in [0.1, 0.15) is 11.6 Å². The number of imidazole rings is 1. The molecule has 0 aliphatic heterocycles. The molecule has 1 aromatic carbocycles. The minimum atomic E-state index is -0.725. The van der Waals surface area contributed by atoms with E-state index in [2.05, 4.69) is 32.7 Å². The largest absolute Gasteiger partial charge is 0.363 e. The standard InChI is InChI=1S/C21H24N6O2/c1-26(2)18-9-8-17(14-24-18)25-21(29)20(28)23-11-10-19-22-12-13-27(19)15-16-6-4-3-5-7-16/h3-9,12-14H,10-11,15H2,1-2H3,(H,23,28)(H,25,29). The molecular formula is C21H24N6O2. The van der Waals surface area contributed by atoms with Gasteiger partial charge in [-0.3, -0.25) is 9.59 Å². The lowest BCUT2D eigenvalue weighted by Crippen LogP contribution is -2.36. The molecule has 0 spiro atoms. The summed E-state index contributed by atoms with van der Waals surface area (Å²) < 4.78 is 2.03. The fraction of sp³-hybridized carbons (Fsp3) is 0.238. The molecule has 0 unspecified atom stereocenters. The lowest BCUT2D eigenvalue weighted by molar-refractivity contribution is -0.136. The molecule has 0 fully saturated rings. The van der Waals surface area contributed by atoms with Crippen molar-refractivity contribution in [3.05, 3.63) is 72.4 Å². The molecule has 0 radical (unpaired) electrons. The molecule has 0 saturated carbocycles. The smallest absolute Gasteiger partial charge is 0.313 e. The molecule has 0 atom stereocenters. The summed E-state index contributed by atoms with van der Waals surface area (Å²) in [6.07, 6.45) is 5.68. The number of hydrogen-bond donors (Lipinski definition) is 2. The van der Waals surface area contributed by atoms with Crippen molar-refractivity contribution >= 4 is 23.3 Å². The first-order valence-corrected chi connectivity index (χ1v) is 9.29. The Morgan fingerprint density at radius 2 is 1.83 bits per heavy atom. The van der Waals surface area contributed by atoms with E-state index in [1.54, 1.807) is 18.3 Å². The molecular weight excluding hydrogens is 368 g/mol. The van der Waals surface area contributed by atoms with Crippen molar-refractivity contribution in [3.63, 3.8) is 0 Å². The van der Waals surface area contributed by atoms with Gasteiger partial charge in [-0.15, -0.1) is 0 Å². The van der Waals surface area contributed by atoms with E-state index in [0.717, 1.165) is 11.6 Å². The van der Waals surface area contributed by atoms with Crippen molar-refractivity contribution in [2.45, 2.75) is 13.0 Å². The highest BCUT2D eigenvalue weighted by Crippen LogP contribution is 2.11. The van der Waals surface area contributed by atoms with E-state index >= 15 is 0 Å². The summed E-state index contributed by atoms with van der Waals surface area (Å²) in [5.74, 6) is 0.191. The minimum Gasteiger partial charge on any atom is -0.363 e. The van der Waals surface area contributed by atoms with Gasteiger partial charge in [-0.25, -0.2) is 9.97 Å².